The van der Waals surface area contributed by atoms with E-state index in [1.807, 2.05) is 121 Å². The molecular weight excluding hydrogens is 456 g/mol. The van der Waals surface area contributed by atoms with Crippen LogP contribution in [-0.4, -0.2) is 26.6 Å². The number of aliphatic imine (C=N–C) groups is 2. The number of amidine groups is 2. The Morgan fingerprint density at radius 2 is 1.00 bits per heavy atom. The lowest BCUT2D eigenvalue weighted by Gasteiger charge is -2.22. The highest BCUT2D eigenvalue weighted by Crippen LogP contribution is 2.24. The molecule has 4 aromatic carbocycles. The summed E-state index contributed by atoms with van der Waals surface area (Å²) < 4.78 is 0. The molecule has 0 spiro atoms. The second kappa shape index (κ2) is 10.3. The van der Waals surface area contributed by atoms with Crippen molar-refractivity contribution in [1.82, 2.24) is 20.3 Å². The Hall–Kier alpha value is -4.97. The summed E-state index contributed by atoms with van der Waals surface area (Å²) in [5.74, 6) is 3.45. The Morgan fingerprint density at radius 3 is 1.54 bits per heavy atom. The first-order chi connectivity index (χ1) is 18.3. The van der Waals surface area contributed by atoms with Gasteiger partial charge in [0.1, 0.15) is 17.5 Å². The van der Waals surface area contributed by atoms with Crippen molar-refractivity contribution in [2.24, 2.45) is 9.98 Å². The number of hydrogen-bond acceptors (Lipinski definition) is 6. The molecule has 1 aromatic heterocycles. The number of nitrogens with zero attached hydrogens (tertiary/aromatic N) is 5. The average Bonchev–Trinajstić information content (AvgIpc) is 2.99. The van der Waals surface area contributed by atoms with Crippen LogP contribution < -0.4 is 5.32 Å². The normalized spacial score (nSPS) is 14.9. The lowest BCUT2D eigenvalue weighted by molar-refractivity contribution is 0.747. The molecule has 0 amide bonds. The zero-order valence-corrected chi connectivity index (χ0v) is 20.1. The zero-order chi connectivity index (χ0) is 24.9. The number of aromatic nitrogens is 3. The van der Waals surface area contributed by atoms with Gasteiger partial charge < -0.3 is 5.32 Å². The monoisotopic (exact) mass is 480 g/mol. The van der Waals surface area contributed by atoms with Gasteiger partial charge in [-0.3, -0.25) is 0 Å². The Labute approximate surface area is 215 Å². The summed E-state index contributed by atoms with van der Waals surface area (Å²) in [7, 11) is 0. The molecule has 178 valence electrons. The SMILES string of the molecule is c1ccc(C2=NC(c3ccccc3)N=C(Cc3nc(-c4ccccc4)nc(-c4ccccc4)n3)N2)cc1. The predicted molar refractivity (Wildman–Crippen MR) is 147 cm³/mol. The quantitative estimate of drug-likeness (QED) is 0.329. The van der Waals surface area contributed by atoms with Gasteiger partial charge in [-0.1, -0.05) is 121 Å². The van der Waals surface area contributed by atoms with E-state index in [1.165, 1.54) is 0 Å². The van der Waals surface area contributed by atoms with Crippen molar-refractivity contribution in [3.05, 3.63) is 138 Å². The summed E-state index contributed by atoms with van der Waals surface area (Å²) in [6.45, 7) is 0. The third-order valence-electron chi connectivity index (χ3n) is 6.01. The van der Waals surface area contributed by atoms with Crippen molar-refractivity contribution in [3.63, 3.8) is 0 Å². The summed E-state index contributed by atoms with van der Waals surface area (Å²) in [4.78, 5) is 24.3. The van der Waals surface area contributed by atoms with E-state index in [9.17, 15) is 0 Å². The molecule has 1 atom stereocenters. The maximum Gasteiger partial charge on any atom is 0.169 e. The average molecular weight is 481 g/mol. The van der Waals surface area contributed by atoms with Crippen LogP contribution in [0.3, 0.4) is 0 Å². The molecule has 37 heavy (non-hydrogen) atoms. The Morgan fingerprint density at radius 1 is 0.514 bits per heavy atom. The number of hydrogen-bond donors (Lipinski definition) is 1. The summed E-state index contributed by atoms with van der Waals surface area (Å²) in [5.41, 5.74) is 3.91. The van der Waals surface area contributed by atoms with Crippen molar-refractivity contribution in [2.75, 3.05) is 0 Å². The van der Waals surface area contributed by atoms with E-state index in [1.54, 1.807) is 0 Å². The van der Waals surface area contributed by atoms with Crippen LogP contribution in [0, 0.1) is 0 Å². The first-order valence-electron chi connectivity index (χ1n) is 12.2. The smallest absolute Gasteiger partial charge is 0.169 e. The predicted octanol–water partition coefficient (Wildman–Crippen LogP) is 5.90. The topological polar surface area (TPSA) is 75.4 Å². The van der Waals surface area contributed by atoms with Gasteiger partial charge >= 0.3 is 0 Å². The highest BCUT2D eigenvalue weighted by molar-refractivity contribution is 6.10. The molecular formula is C31H24N6. The van der Waals surface area contributed by atoms with Gasteiger partial charge in [-0.25, -0.2) is 24.9 Å². The van der Waals surface area contributed by atoms with Gasteiger partial charge in [0.05, 0.1) is 6.42 Å². The number of benzene rings is 4. The lowest BCUT2D eigenvalue weighted by Crippen LogP contribution is -2.37. The van der Waals surface area contributed by atoms with Crippen LogP contribution in [0.2, 0.25) is 0 Å². The third kappa shape index (κ3) is 5.18. The third-order valence-corrected chi connectivity index (χ3v) is 6.01. The molecule has 0 aliphatic carbocycles. The van der Waals surface area contributed by atoms with Gasteiger partial charge in [-0.15, -0.1) is 0 Å². The van der Waals surface area contributed by atoms with Gasteiger partial charge in [0.25, 0.3) is 0 Å². The van der Waals surface area contributed by atoms with Gasteiger partial charge in [-0.2, -0.15) is 0 Å². The van der Waals surface area contributed by atoms with Crippen LogP contribution >= 0.6 is 0 Å². The fourth-order valence-electron chi connectivity index (χ4n) is 4.19. The molecule has 0 saturated carbocycles. The van der Waals surface area contributed by atoms with Crippen molar-refractivity contribution in [3.8, 4) is 22.8 Å². The van der Waals surface area contributed by atoms with E-state index in [2.05, 4.69) is 5.32 Å². The summed E-state index contributed by atoms with van der Waals surface area (Å²) in [6, 6.07) is 40.2. The molecule has 2 heterocycles. The van der Waals surface area contributed by atoms with E-state index in [-0.39, 0.29) is 6.17 Å². The number of rotatable bonds is 6. The van der Waals surface area contributed by atoms with E-state index < -0.39 is 0 Å². The molecule has 6 rings (SSSR count). The molecule has 0 bridgehead atoms. The Kier molecular flexibility index (Phi) is 6.28. The fraction of sp³-hybridized carbons (Fsp3) is 0.0645. The summed E-state index contributed by atoms with van der Waals surface area (Å²) in [5, 5.41) is 3.44. The van der Waals surface area contributed by atoms with Gasteiger partial charge in [0.2, 0.25) is 0 Å². The standard InChI is InChI=1S/C31H24N6/c1-5-13-22(14-6-1)28-32-26(33-29(36-28)23-15-7-2-8-16-23)21-27-34-30(24-17-9-3-10-18-24)37-31(35-27)25-19-11-4-12-20-25/h1-20,28H,21H2,(H,32,33,36). The van der Waals surface area contributed by atoms with Gasteiger partial charge in [0, 0.05) is 16.7 Å². The Balaban J connectivity index is 1.40. The minimum absolute atomic E-state index is 0.350. The maximum absolute atomic E-state index is 4.95. The van der Waals surface area contributed by atoms with E-state index in [4.69, 9.17) is 24.9 Å². The molecule has 0 fully saturated rings. The van der Waals surface area contributed by atoms with Crippen LogP contribution in [0.1, 0.15) is 23.1 Å². The van der Waals surface area contributed by atoms with Gasteiger partial charge in [-0.05, 0) is 5.56 Å². The first kappa shape index (κ1) is 22.5. The molecule has 0 radical (unpaired) electrons. The molecule has 1 unspecified atom stereocenters. The Bertz CT molecular complexity index is 1490. The summed E-state index contributed by atoms with van der Waals surface area (Å²) in [6.07, 6.45) is 0.0638. The van der Waals surface area contributed by atoms with E-state index >= 15 is 0 Å². The van der Waals surface area contributed by atoms with Crippen LogP contribution in [0.15, 0.2) is 131 Å². The molecule has 1 N–H and O–H groups in total. The van der Waals surface area contributed by atoms with Crippen LogP contribution in [0.5, 0.6) is 0 Å². The van der Waals surface area contributed by atoms with Crippen LogP contribution in [0.4, 0.5) is 0 Å². The van der Waals surface area contributed by atoms with Crippen LogP contribution in [-0.2, 0) is 6.42 Å². The second-order valence-corrected chi connectivity index (χ2v) is 8.64. The number of nitrogens with one attached hydrogen (secondary N) is 1. The molecule has 1 aliphatic heterocycles. The highest BCUT2D eigenvalue weighted by Gasteiger charge is 2.21. The fourth-order valence-corrected chi connectivity index (χ4v) is 4.19. The minimum Gasteiger partial charge on any atom is -0.328 e. The maximum atomic E-state index is 4.95. The van der Waals surface area contributed by atoms with Gasteiger partial charge in [0.15, 0.2) is 17.8 Å². The zero-order valence-electron chi connectivity index (χ0n) is 20.1. The molecule has 0 saturated heterocycles. The van der Waals surface area contributed by atoms with E-state index in [0.29, 0.717) is 23.9 Å². The molecule has 6 nitrogen and oxygen atoms in total. The second-order valence-electron chi connectivity index (χ2n) is 8.64. The largest absolute Gasteiger partial charge is 0.328 e. The summed E-state index contributed by atoms with van der Waals surface area (Å²) >= 11 is 0. The lowest BCUT2D eigenvalue weighted by atomic mass is 10.1. The first-order valence-corrected chi connectivity index (χ1v) is 12.2. The highest BCUT2D eigenvalue weighted by atomic mass is 15.2. The van der Waals surface area contributed by atoms with Crippen molar-refractivity contribution in [2.45, 2.75) is 12.6 Å². The molecule has 5 aromatic rings. The van der Waals surface area contributed by atoms with Crippen molar-refractivity contribution in [1.29, 1.82) is 0 Å². The van der Waals surface area contributed by atoms with Crippen molar-refractivity contribution >= 4 is 11.7 Å². The van der Waals surface area contributed by atoms with Crippen LogP contribution in [0.25, 0.3) is 22.8 Å². The van der Waals surface area contributed by atoms with Crippen molar-refractivity contribution < 1.29 is 0 Å². The minimum atomic E-state index is -0.350. The molecule has 6 heteroatoms. The molecule has 1 aliphatic rings. The van der Waals surface area contributed by atoms with E-state index in [0.717, 1.165) is 33.9 Å².